The molecule has 0 fully saturated rings. The van der Waals surface area contributed by atoms with Gasteiger partial charge in [-0.15, -0.1) is 0 Å². The van der Waals surface area contributed by atoms with E-state index >= 15 is 0 Å². The second kappa shape index (κ2) is 8.44. The number of rotatable bonds is 5. The van der Waals surface area contributed by atoms with Gasteiger partial charge in [0.2, 0.25) is 0 Å². The number of aromatic amines is 1. The smallest absolute Gasteiger partial charge is 0.327 e. The van der Waals surface area contributed by atoms with Crippen molar-refractivity contribution in [1.29, 1.82) is 0 Å². The van der Waals surface area contributed by atoms with Crippen LogP contribution in [0.5, 0.6) is 5.75 Å². The van der Waals surface area contributed by atoms with E-state index in [0.29, 0.717) is 27.8 Å². The predicted molar refractivity (Wildman–Crippen MR) is 110 cm³/mol. The van der Waals surface area contributed by atoms with Gasteiger partial charge in [-0.3, -0.25) is 20.5 Å². The molecular weight excluding hydrogens is 387 g/mol. The van der Waals surface area contributed by atoms with Gasteiger partial charge in [0, 0.05) is 16.5 Å². The molecule has 0 radical (unpaired) electrons. The SMILES string of the molecule is O=C(NC(=O)c1ccccc1)Nc1n[nH]c2ccc(OCc3ccccc3F)cc12. The topological polar surface area (TPSA) is 96.1 Å². The Bertz CT molecular complexity index is 1210. The van der Waals surface area contributed by atoms with Crippen molar-refractivity contribution in [3.8, 4) is 5.75 Å². The molecule has 1 aromatic heterocycles. The lowest BCUT2D eigenvalue weighted by Crippen LogP contribution is -2.34. The third-order valence-electron chi connectivity index (χ3n) is 4.38. The molecule has 1 heterocycles. The Morgan fingerprint density at radius 1 is 1.00 bits per heavy atom. The summed E-state index contributed by atoms with van der Waals surface area (Å²) in [5, 5.41) is 12.2. The Balaban J connectivity index is 1.45. The summed E-state index contributed by atoms with van der Waals surface area (Å²) in [5.41, 5.74) is 1.46. The number of urea groups is 1. The lowest BCUT2D eigenvalue weighted by Gasteiger charge is -2.08. The summed E-state index contributed by atoms with van der Waals surface area (Å²) in [6.45, 7) is 0.0604. The molecule has 0 saturated heterocycles. The second-order valence-electron chi connectivity index (χ2n) is 6.43. The van der Waals surface area contributed by atoms with Crippen LogP contribution in [0.1, 0.15) is 15.9 Å². The number of hydrogen-bond donors (Lipinski definition) is 3. The largest absolute Gasteiger partial charge is 0.489 e. The zero-order valence-corrected chi connectivity index (χ0v) is 15.7. The predicted octanol–water partition coefficient (Wildman–Crippen LogP) is 4.24. The van der Waals surface area contributed by atoms with Crippen LogP contribution in [0.25, 0.3) is 10.9 Å². The summed E-state index contributed by atoms with van der Waals surface area (Å²) >= 11 is 0. The summed E-state index contributed by atoms with van der Waals surface area (Å²) in [4.78, 5) is 24.3. The number of nitrogens with zero attached hydrogens (tertiary/aromatic N) is 1. The first-order valence-electron chi connectivity index (χ1n) is 9.12. The van der Waals surface area contributed by atoms with Gasteiger partial charge in [-0.2, -0.15) is 5.10 Å². The molecule has 3 amide bonds. The van der Waals surface area contributed by atoms with E-state index in [-0.39, 0.29) is 18.2 Å². The molecule has 0 aliphatic heterocycles. The third kappa shape index (κ3) is 4.27. The molecule has 30 heavy (non-hydrogen) atoms. The number of benzene rings is 3. The van der Waals surface area contributed by atoms with Gasteiger partial charge in [0.15, 0.2) is 5.82 Å². The fourth-order valence-electron chi connectivity index (χ4n) is 2.86. The molecular formula is C22H17FN4O3. The van der Waals surface area contributed by atoms with Crippen LogP contribution >= 0.6 is 0 Å². The number of H-pyrrole nitrogens is 1. The van der Waals surface area contributed by atoms with Crippen LogP contribution in [-0.4, -0.2) is 22.1 Å². The number of hydrogen-bond acceptors (Lipinski definition) is 4. The van der Waals surface area contributed by atoms with Gasteiger partial charge >= 0.3 is 6.03 Å². The van der Waals surface area contributed by atoms with Gasteiger partial charge in [0.05, 0.1) is 5.52 Å². The lowest BCUT2D eigenvalue weighted by atomic mass is 10.2. The van der Waals surface area contributed by atoms with E-state index in [1.165, 1.54) is 6.07 Å². The Morgan fingerprint density at radius 3 is 2.57 bits per heavy atom. The first-order valence-corrected chi connectivity index (χ1v) is 9.12. The average molecular weight is 404 g/mol. The van der Waals surface area contributed by atoms with Crippen LogP contribution in [0.3, 0.4) is 0 Å². The van der Waals surface area contributed by atoms with Gasteiger partial charge in [-0.1, -0.05) is 36.4 Å². The summed E-state index contributed by atoms with van der Waals surface area (Å²) < 4.78 is 19.4. The molecule has 150 valence electrons. The van der Waals surface area contributed by atoms with E-state index < -0.39 is 11.9 Å². The minimum absolute atomic E-state index is 0.0604. The van der Waals surface area contributed by atoms with E-state index in [0.717, 1.165) is 0 Å². The van der Waals surface area contributed by atoms with Crippen molar-refractivity contribution in [2.24, 2.45) is 0 Å². The first kappa shape index (κ1) is 19.1. The lowest BCUT2D eigenvalue weighted by molar-refractivity contribution is 0.0967. The number of fused-ring (bicyclic) bond motifs is 1. The van der Waals surface area contributed by atoms with E-state index in [1.54, 1.807) is 66.7 Å². The fourth-order valence-corrected chi connectivity index (χ4v) is 2.86. The van der Waals surface area contributed by atoms with Crippen molar-refractivity contribution in [3.63, 3.8) is 0 Å². The zero-order valence-electron chi connectivity index (χ0n) is 15.7. The van der Waals surface area contributed by atoms with Crippen LogP contribution < -0.4 is 15.4 Å². The van der Waals surface area contributed by atoms with E-state index in [1.807, 2.05) is 0 Å². The Hall–Kier alpha value is -4.20. The number of carbonyl (C=O) groups excluding carboxylic acids is 2. The summed E-state index contributed by atoms with van der Waals surface area (Å²) in [7, 11) is 0. The molecule has 0 bridgehead atoms. The molecule has 0 unspecified atom stereocenters. The zero-order chi connectivity index (χ0) is 20.9. The van der Waals surface area contributed by atoms with Crippen molar-refractivity contribution in [2.45, 2.75) is 6.61 Å². The Kier molecular flexibility index (Phi) is 5.38. The van der Waals surface area contributed by atoms with Crippen molar-refractivity contribution >= 4 is 28.7 Å². The average Bonchev–Trinajstić information content (AvgIpc) is 3.15. The maximum absolute atomic E-state index is 13.8. The van der Waals surface area contributed by atoms with Crippen LogP contribution in [0.4, 0.5) is 15.0 Å². The molecule has 3 N–H and O–H groups in total. The second-order valence-corrected chi connectivity index (χ2v) is 6.43. The van der Waals surface area contributed by atoms with E-state index in [9.17, 15) is 14.0 Å². The Labute approximate surface area is 170 Å². The quantitative estimate of drug-likeness (QED) is 0.463. The number of nitrogens with one attached hydrogen (secondary N) is 3. The molecule has 0 aliphatic rings. The van der Waals surface area contributed by atoms with Crippen molar-refractivity contribution < 1.29 is 18.7 Å². The summed E-state index contributed by atoms with van der Waals surface area (Å²) in [5.74, 6) is -0.151. The number of aromatic nitrogens is 2. The van der Waals surface area contributed by atoms with Crippen LogP contribution in [0.15, 0.2) is 72.8 Å². The normalized spacial score (nSPS) is 10.6. The number of halogens is 1. The minimum Gasteiger partial charge on any atom is -0.489 e. The molecule has 4 rings (SSSR count). The maximum Gasteiger partial charge on any atom is 0.327 e. The van der Waals surface area contributed by atoms with Gasteiger partial charge in [0.1, 0.15) is 18.2 Å². The van der Waals surface area contributed by atoms with Crippen LogP contribution in [-0.2, 0) is 6.61 Å². The van der Waals surface area contributed by atoms with Crippen molar-refractivity contribution in [1.82, 2.24) is 15.5 Å². The van der Waals surface area contributed by atoms with Gasteiger partial charge in [-0.25, -0.2) is 9.18 Å². The van der Waals surface area contributed by atoms with Gasteiger partial charge in [-0.05, 0) is 36.4 Å². The van der Waals surface area contributed by atoms with Gasteiger partial charge in [0.25, 0.3) is 5.91 Å². The van der Waals surface area contributed by atoms with Crippen molar-refractivity contribution in [2.75, 3.05) is 5.32 Å². The number of amides is 3. The molecule has 3 aromatic carbocycles. The highest BCUT2D eigenvalue weighted by atomic mass is 19.1. The maximum atomic E-state index is 13.8. The Morgan fingerprint density at radius 2 is 1.77 bits per heavy atom. The van der Waals surface area contributed by atoms with Crippen molar-refractivity contribution in [3.05, 3.63) is 89.7 Å². The first-order chi connectivity index (χ1) is 14.6. The van der Waals surface area contributed by atoms with Crippen LogP contribution in [0, 0.1) is 5.82 Å². The molecule has 0 spiro atoms. The molecule has 0 saturated carbocycles. The highest BCUT2D eigenvalue weighted by Gasteiger charge is 2.14. The third-order valence-corrected chi connectivity index (χ3v) is 4.38. The highest BCUT2D eigenvalue weighted by molar-refractivity contribution is 6.09. The summed E-state index contributed by atoms with van der Waals surface area (Å²) in [6.07, 6.45) is 0. The molecule has 0 aliphatic carbocycles. The number of imide groups is 1. The molecule has 0 atom stereocenters. The molecule has 7 nitrogen and oxygen atoms in total. The molecule has 4 aromatic rings. The van der Waals surface area contributed by atoms with E-state index in [4.69, 9.17) is 4.74 Å². The van der Waals surface area contributed by atoms with E-state index in [2.05, 4.69) is 20.8 Å². The van der Waals surface area contributed by atoms with Gasteiger partial charge < -0.3 is 4.74 Å². The summed E-state index contributed by atoms with van der Waals surface area (Å²) in [6, 6.07) is 19.2. The number of ether oxygens (including phenoxy) is 1. The van der Waals surface area contributed by atoms with Crippen LogP contribution in [0.2, 0.25) is 0 Å². The number of anilines is 1. The highest BCUT2D eigenvalue weighted by Crippen LogP contribution is 2.26. The standard InChI is InChI=1S/C22H17FN4O3/c23-18-9-5-4-8-15(18)13-30-16-10-11-19-17(12-16)20(27-26-19)24-22(29)25-21(28)14-6-2-1-3-7-14/h1-12H,13H2,(H3,24,25,26,27,28,29). The fraction of sp³-hybridized carbons (Fsp3) is 0.0455. The monoisotopic (exact) mass is 404 g/mol. The number of carbonyl (C=O) groups is 2. The molecule has 8 heteroatoms. The minimum atomic E-state index is -0.713.